The van der Waals surface area contributed by atoms with E-state index < -0.39 is 21.7 Å². The first-order chi connectivity index (χ1) is 16.9. The monoisotopic (exact) mass is 517 g/mol. The molecular formula is C26H32FN3O5S. The van der Waals surface area contributed by atoms with Crippen molar-refractivity contribution in [2.45, 2.75) is 32.7 Å². The van der Waals surface area contributed by atoms with Crippen LogP contribution in [0.3, 0.4) is 0 Å². The molecule has 0 saturated heterocycles. The van der Waals surface area contributed by atoms with Crippen LogP contribution in [0.5, 0.6) is 11.6 Å². The minimum absolute atomic E-state index is 0. The molecule has 0 radical (unpaired) electrons. The SMILES string of the molecule is C=C(C)COc1nc(-c2cc(F)cc(OCC(C)C)c2)ccc1C(=O)NS(=O)(=O)c1cccc(C)n1.[HH].[HH]. The lowest BCUT2D eigenvalue weighted by atomic mass is 10.1. The first kappa shape index (κ1) is 26.8. The van der Waals surface area contributed by atoms with Gasteiger partial charge in [0.2, 0.25) is 5.88 Å². The Morgan fingerprint density at radius 2 is 1.89 bits per heavy atom. The molecule has 8 nitrogen and oxygen atoms in total. The van der Waals surface area contributed by atoms with Gasteiger partial charge < -0.3 is 9.47 Å². The maximum absolute atomic E-state index is 14.3. The summed E-state index contributed by atoms with van der Waals surface area (Å²) in [5.74, 6) is -1.01. The maximum atomic E-state index is 14.3. The Labute approximate surface area is 213 Å². The van der Waals surface area contributed by atoms with Crippen molar-refractivity contribution in [1.82, 2.24) is 14.7 Å². The largest absolute Gasteiger partial charge is 0.493 e. The first-order valence-corrected chi connectivity index (χ1v) is 12.7. The summed E-state index contributed by atoms with van der Waals surface area (Å²) in [6.45, 7) is 11.5. The van der Waals surface area contributed by atoms with Crippen LogP contribution in [0.4, 0.5) is 4.39 Å². The molecule has 0 aliphatic carbocycles. The number of nitrogens with zero attached hydrogens (tertiary/aromatic N) is 2. The average molecular weight is 518 g/mol. The number of nitrogens with one attached hydrogen (secondary N) is 1. The molecule has 194 valence electrons. The lowest BCUT2D eigenvalue weighted by molar-refractivity contribution is 0.0977. The number of ether oxygens (including phenoxy) is 2. The van der Waals surface area contributed by atoms with Crippen LogP contribution >= 0.6 is 0 Å². The molecule has 0 aliphatic rings. The molecule has 1 N–H and O–H groups in total. The molecule has 1 aromatic carbocycles. The second-order valence-electron chi connectivity index (χ2n) is 8.73. The van der Waals surface area contributed by atoms with Crippen LogP contribution in [0.25, 0.3) is 11.3 Å². The number of aromatic nitrogens is 2. The number of rotatable bonds is 10. The zero-order chi connectivity index (χ0) is 26.5. The number of hydrogen-bond donors (Lipinski definition) is 1. The van der Waals surface area contributed by atoms with E-state index in [1.54, 1.807) is 26.0 Å². The van der Waals surface area contributed by atoms with Crippen molar-refractivity contribution in [2.24, 2.45) is 5.92 Å². The summed E-state index contributed by atoms with van der Waals surface area (Å²) < 4.78 is 53.0. The molecule has 36 heavy (non-hydrogen) atoms. The van der Waals surface area contributed by atoms with Crippen molar-refractivity contribution >= 4 is 15.9 Å². The van der Waals surface area contributed by atoms with Gasteiger partial charge in [-0.25, -0.2) is 19.1 Å². The van der Waals surface area contributed by atoms with Gasteiger partial charge in [0, 0.05) is 20.2 Å². The zero-order valence-corrected chi connectivity index (χ0v) is 21.4. The van der Waals surface area contributed by atoms with E-state index in [4.69, 9.17) is 9.47 Å². The van der Waals surface area contributed by atoms with Crippen LogP contribution in [-0.4, -0.2) is 37.5 Å². The van der Waals surface area contributed by atoms with Crippen molar-refractivity contribution in [3.05, 3.63) is 77.8 Å². The van der Waals surface area contributed by atoms with E-state index in [-0.39, 0.29) is 31.8 Å². The third kappa shape index (κ3) is 7.11. The Balaban J connectivity index is 0.00000361. The molecule has 0 unspecified atom stereocenters. The molecule has 1 amide bonds. The minimum atomic E-state index is -4.24. The normalized spacial score (nSPS) is 11.3. The highest BCUT2D eigenvalue weighted by Crippen LogP contribution is 2.28. The second-order valence-corrected chi connectivity index (χ2v) is 10.4. The fourth-order valence-corrected chi connectivity index (χ4v) is 4.01. The second kappa shape index (κ2) is 11.3. The molecule has 0 spiro atoms. The number of benzene rings is 1. The fraction of sp³-hybridized carbons (Fsp3) is 0.269. The molecule has 0 saturated carbocycles. The number of carbonyl (C=O) groups excluding carboxylic acids is 1. The van der Waals surface area contributed by atoms with E-state index in [1.165, 1.54) is 36.4 Å². The standard InChI is InChI=1S/C26H28FN3O5S.2H2/c1-16(2)14-34-21-12-19(11-20(27)13-21)23-10-9-22(26(29-23)35-15-17(3)4)25(31)30-36(32,33)24-8-6-7-18(5)28-24;;/h6-13,16H,3,14-15H2,1-2,4-5H3,(H,30,31);2*1H. The topological polar surface area (TPSA) is 107 Å². The van der Waals surface area contributed by atoms with Gasteiger partial charge in [0.05, 0.1) is 12.3 Å². The van der Waals surface area contributed by atoms with Gasteiger partial charge in [0.1, 0.15) is 23.7 Å². The third-order valence-electron chi connectivity index (χ3n) is 4.68. The van der Waals surface area contributed by atoms with E-state index in [9.17, 15) is 17.6 Å². The van der Waals surface area contributed by atoms with E-state index in [1.807, 2.05) is 18.6 Å². The van der Waals surface area contributed by atoms with Gasteiger partial charge in [-0.15, -0.1) is 0 Å². The van der Waals surface area contributed by atoms with E-state index >= 15 is 0 Å². The Hall–Kier alpha value is -3.79. The van der Waals surface area contributed by atoms with Gasteiger partial charge in [-0.2, -0.15) is 8.42 Å². The zero-order valence-electron chi connectivity index (χ0n) is 20.5. The van der Waals surface area contributed by atoms with Gasteiger partial charge in [0.25, 0.3) is 15.9 Å². The highest BCUT2D eigenvalue weighted by atomic mass is 32.2. The first-order valence-electron chi connectivity index (χ1n) is 11.2. The number of pyridine rings is 2. The average Bonchev–Trinajstić information content (AvgIpc) is 2.80. The molecular weight excluding hydrogens is 485 g/mol. The summed E-state index contributed by atoms with van der Waals surface area (Å²) in [6, 6.07) is 11.5. The predicted molar refractivity (Wildman–Crippen MR) is 138 cm³/mol. The van der Waals surface area contributed by atoms with Gasteiger partial charge >= 0.3 is 0 Å². The van der Waals surface area contributed by atoms with E-state index in [0.29, 0.717) is 34.9 Å². The van der Waals surface area contributed by atoms with Gasteiger partial charge in [-0.1, -0.05) is 26.5 Å². The number of amides is 1. The van der Waals surface area contributed by atoms with Crippen LogP contribution < -0.4 is 14.2 Å². The van der Waals surface area contributed by atoms with Crippen molar-refractivity contribution in [3.63, 3.8) is 0 Å². The summed E-state index contributed by atoms with van der Waals surface area (Å²) in [7, 11) is -4.24. The van der Waals surface area contributed by atoms with Crippen molar-refractivity contribution in [1.29, 1.82) is 0 Å². The Morgan fingerprint density at radius 3 is 2.56 bits per heavy atom. The highest BCUT2D eigenvalue weighted by Gasteiger charge is 2.24. The molecule has 0 fully saturated rings. The van der Waals surface area contributed by atoms with Gasteiger partial charge in [0.15, 0.2) is 5.03 Å². The maximum Gasteiger partial charge on any atom is 0.281 e. The van der Waals surface area contributed by atoms with Gasteiger partial charge in [-0.3, -0.25) is 4.79 Å². The van der Waals surface area contributed by atoms with Crippen LogP contribution in [-0.2, 0) is 10.0 Å². The lowest BCUT2D eigenvalue weighted by Crippen LogP contribution is -2.31. The number of aryl methyl sites for hydroxylation is 1. The third-order valence-corrected chi connectivity index (χ3v) is 5.91. The van der Waals surface area contributed by atoms with Crippen molar-refractivity contribution in [3.8, 4) is 22.9 Å². The van der Waals surface area contributed by atoms with Crippen LogP contribution in [0.2, 0.25) is 0 Å². The summed E-state index contributed by atoms with van der Waals surface area (Å²) in [5.41, 5.74) is 1.72. The summed E-state index contributed by atoms with van der Waals surface area (Å²) >= 11 is 0. The molecule has 0 aliphatic heterocycles. The van der Waals surface area contributed by atoms with Crippen molar-refractivity contribution < 1.29 is 29.9 Å². The molecule has 0 atom stereocenters. The Bertz CT molecular complexity index is 1400. The fourth-order valence-electron chi connectivity index (χ4n) is 3.03. The quantitative estimate of drug-likeness (QED) is 0.369. The number of carbonyl (C=O) groups is 1. The molecule has 2 aromatic heterocycles. The highest BCUT2D eigenvalue weighted by molar-refractivity contribution is 7.90. The Kier molecular flexibility index (Phi) is 8.41. The van der Waals surface area contributed by atoms with E-state index in [2.05, 4.69) is 16.5 Å². The van der Waals surface area contributed by atoms with Gasteiger partial charge in [-0.05, 0) is 61.7 Å². The van der Waals surface area contributed by atoms with E-state index in [0.717, 1.165) is 0 Å². The molecule has 2 heterocycles. The summed E-state index contributed by atoms with van der Waals surface area (Å²) in [4.78, 5) is 21.3. The smallest absolute Gasteiger partial charge is 0.281 e. The summed E-state index contributed by atoms with van der Waals surface area (Å²) in [5, 5.41) is -0.293. The molecule has 0 bridgehead atoms. The minimum Gasteiger partial charge on any atom is -0.493 e. The van der Waals surface area contributed by atoms with Crippen LogP contribution in [0.1, 0.15) is 39.7 Å². The molecule has 3 aromatic rings. The van der Waals surface area contributed by atoms with Crippen LogP contribution in [0.15, 0.2) is 65.7 Å². The Morgan fingerprint density at radius 1 is 1.14 bits per heavy atom. The number of hydrogen-bond acceptors (Lipinski definition) is 7. The van der Waals surface area contributed by atoms with Crippen molar-refractivity contribution in [2.75, 3.05) is 13.2 Å². The lowest BCUT2D eigenvalue weighted by Gasteiger charge is -2.14. The number of sulfonamides is 1. The molecule has 10 heteroatoms. The predicted octanol–water partition coefficient (Wildman–Crippen LogP) is 5.19. The molecule has 3 rings (SSSR count). The summed E-state index contributed by atoms with van der Waals surface area (Å²) in [6.07, 6.45) is 0. The van der Waals surface area contributed by atoms with Crippen LogP contribution in [0, 0.1) is 18.7 Å². The number of halogens is 1.